The standard InChI is InChI=1S/C35H31N5O4S/c1-21-7-6-8-31(26-15-22(2)38-23(3)16-26)35(21,4)45(43,44)40-14-13-27-29(19-37-34(42)33(27)40)28-17-32(41)39(5)20-30(28)25-11-9-24(18-36)10-12-25/h6-17,19-20,31H,1-5H3,(H,37,42). The number of nitrogens with zero attached hydrogens (tertiary/aromatic N) is 4. The molecule has 5 aromatic rings. The second kappa shape index (κ2) is 10.7. The fourth-order valence-corrected chi connectivity index (χ4v) is 8.38. The monoisotopic (exact) mass is 617 g/mol. The summed E-state index contributed by atoms with van der Waals surface area (Å²) in [7, 11) is -2.62. The number of H-pyrrole nitrogens is 1. The highest BCUT2D eigenvalue weighted by Gasteiger charge is 2.50. The van der Waals surface area contributed by atoms with Gasteiger partial charge in [0.15, 0.2) is 0 Å². The third-order valence-corrected chi connectivity index (χ3v) is 11.3. The van der Waals surface area contributed by atoms with Crippen LogP contribution in [0.25, 0.3) is 33.2 Å². The van der Waals surface area contributed by atoms with Gasteiger partial charge in [0.1, 0.15) is 10.3 Å². The number of aryl methyl sites for hydroxylation is 3. The molecule has 0 saturated heterocycles. The first-order chi connectivity index (χ1) is 21.4. The summed E-state index contributed by atoms with van der Waals surface area (Å²) >= 11 is 0. The van der Waals surface area contributed by atoms with E-state index >= 15 is 0 Å². The molecule has 10 heteroatoms. The molecule has 1 N–H and O–H groups in total. The van der Waals surface area contributed by atoms with Crippen LogP contribution in [0.1, 0.15) is 42.3 Å². The molecular weight excluding hydrogens is 586 g/mol. The predicted molar refractivity (Wildman–Crippen MR) is 175 cm³/mol. The molecule has 0 saturated carbocycles. The topological polar surface area (TPSA) is 131 Å². The van der Waals surface area contributed by atoms with Gasteiger partial charge in [-0.3, -0.25) is 14.6 Å². The number of aromatic nitrogens is 4. The van der Waals surface area contributed by atoms with Crippen LogP contribution in [0, 0.1) is 25.2 Å². The van der Waals surface area contributed by atoms with Crippen LogP contribution in [-0.2, 0) is 17.1 Å². The minimum atomic E-state index is -4.26. The van der Waals surface area contributed by atoms with E-state index < -0.39 is 26.2 Å². The van der Waals surface area contributed by atoms with E-state index in [1.165, 1.54) is 23.0 Å². The molecule has 6 rings (SSSR count). The number of aromatic amines is 1. The molecule has 0 spiro atoms. The normalized spacial score (nSPS) is 18.1. The Kier molecular flexibility index (Phi) is 7.09. The van der Waals surface area contributed by atoms with Crippen LogP contribution in [0.2, 0.25) is 0 Å². The minimum absolute atomic E-state index is 0.0385. The van der Waals surface area contributed by atoms with Crippen molar-refractivity contribution < 1.29 is 8.42 Å². The van der Waals surface area contributed by atoms with Crippen molar-refractivity contribution >= 4 is 20.9 Å². The van der Waals surface area contributed by atoms with Crippen LogP contribution in [0.3, 0.4) is 0 Å². The quantitative estimate of drug-likeness (QED) is 0.278. The van der Waals surface area contributed by atoms with Gasteiger partial charge in [0.05, 0.1) is 11.6 Å². The Morgan fingerprint density at radius 2 is 1.67 bits per heavy atom. The number of hydrogen-bond acceptors (Lipinski definition) is 6. The van der Waals surface area contributed by atoms with Crippen molar-refractivity contribution in [2.45, 2.75) is 38.4 Å². The lowest BCUT2D eigenvalue weighted by Gasteiger charge is -2.39. The summed E-state index contributed by atoms with van der Waals surface area (Å²) in [5, 5.41) is 9.65. The first kappa shape index (κ1) is 29.8. The first-order valence-corrected chi connectivity index (χ1v) is 15.8. The van der Waals surface area contributed by atoms with Crippen molar-refractivity contribution in [1.82, 2.24) is 18.5 Å². The van der Waals surface area contributed by atoms with Gasteiger partial charge < -0.3 is 9.55 Å². The molecule has 0 fully saturated rings. The molecular formula is C35H31N5O4S. The average Bonchev–Trinajstić information content (AvgIpc) is 3.47. The van der Waals surface area contributed by atoms with Crippen molar-refractivity contribution in [2.75, 3.05) is 0 Å². The lowest BCUT2D eigenvalue weighted by atomic mass is 9.79. The molecule has 0 amide bonds. The van der Waals surface area contributed by atoms with Crippen LogP contribution in [0.4, 0.5) is 0 Å². The SMILES string of the molecule is CC1=CC=CC(c2cc(C)nc(C)c2)C1(C)S(=O)(=O)n1ccc2c(-c3cc(=O)n(C)cc3-c3ccc(C#N)cc3)c[nH]c(=O)c21. The average molecular weight is 618 g/mol. The Bertz CT molecular complexity index is 2330. The van der Waals surface area contributed by atoms with Gasteiger partial charge in [0.2, 0.25) is 10.0 Å². The van der Waals surface area contributed by atoms with E-state index in [0.29, 0.717) is 33.2 Å². The number of benzene rings is 1. The van der Waals surface area contributed by atoms with Gasteiger partial charge in [-0.05, 0) is 80.3 Å². The second-order valence-electron chi connectivity index (χ2n) is 11.7. The largest absolute Gasteiger partial charge is 0.327 e. The fourth-order valence-electron chi connectivity index (χ4n) is 6.32. The van der Waals surface area contributed by atoms with E-state index in [9.17, 15) is 23.3 Å². The fraction of sp³-hybridized carbons (Fsp3) is 0.200. The Labute approximate surface area is 260 Å². The number of rotatable bonds is 5. The molecule has 0 radical (unpaired) electrons. The molecule has 226 valence electrons. The third-order valence-electron chi connectivity index (χ3n) is 8.83. The van der Waals surface area contributed by atoms with Gasteiger partial charge in [-0.2, -0.15) is 5.26 Å². The maximum Gasteiger partial charge on any atom is 0.273 e. The van der Waals surface area contributed by atoms with Crippen LogP contribution in [-0.4, -0.2) is 31.7 Å². The van der Waals surface area contributed by atoms with Crippen LogP contribution in [0.5, 0.6) is 0 Å². The number of nitriles is 1. The maximum absolute atomic E-state index is 14.8. The number of fused-ring (bicyclic) bond motifs is 1. The molecule has 1 aliphatic carbocycles. The number of hydrogen-bond donors (Lipinski definition) is 1. The van der Waals surface area contributed by atoms with E-state index in [1.807, 2.05) is 38.1 Å². The smallest absolute Gasteiger partial charge is 0.273 e. The van der Waals surface area contributed by atoms with E-state index in [2.05, 4.69) is 16.0 Å². The van der Waals surface area contributed by atoms with E-state index in [1.54, 1.807) is 63.5 Å². The van der Waals surface area contributed by atoms with Crippen LogP contribution in [0.15, 0.2) is 101 Å². The molecule has 9 nitrogen and oxygen atoms in total. The van der Waals surface area contributed by atoms with Gasteiger partial charge in [0.25, 0.3) is 11.1 Å². The Morgan fingerprint density at radius 1 is 0.978 bits per heavy atom. The van der Waals surface area contributed by atoms with E-state index in [4.69, 9.17) is 0 Å². The summed E-state index contributed by atoms with van der Waals surface area (Å²) in [6.07, 6.45) is 10.1. The zero-order valence-corrected chi connectivity index (χ0v) is 26.3. The summed E-state index contributed by atoms with van der Waals surface area (Å²) in [4.78, 5) is 33.6. The Morgan fingerprint density at radius 3 is 2.33 bits per heavy atom. The van der Waals surface area contributed by atoms with Gasteiger partial charge in [0, 0.05) is 65.5 Å². The van der Waals surface area contributed by atoms with Gasteiger partial charge in [-0.15, -0.1) is 0 Å². The summed E-state index contributed by atoms with van der Waals surface area (Å²) < 4.78 is 30.8. The maximum atomic E-state index is 14.8. The highest BCUT2D eigenvalue weighted by Crippen LogP contribution is 2.46. The van der Waals surface area contributed by atoms with E-state index in [-0.39, 0.29) is 11.1 Å². The van der Waals surface area contributed by atoms with Crippen molar-refractivity contribution in [3.63, 3.8) is 0 Å². The minimum Gasteiger partial charge on any atom is -0.327 e. The number of nitrogens with one attached hydrogen (secondary N) is 1. The molecule has 45 heavy (non-hydrogen) atoms. The predicted octanol–water partition coefficient (Wildman–Crippen LogP) is 5.48. The summed E-state index contributed by atoms with van der Waals surface area (Å²) in [6.45, 7) is 7.24. The summed E-state index contributed by atoms with van der Waals surface area (Å²) in [5.74, 6) is -0.548. The molecule has 0 bridgehead atoms. The van der Waals surface area contributed by atoms with Crippen LogP contribution < -0.4 is 11.1 Å². The lowest BCUT2D eigenvalue weighted by molar-refractivity contribution is 0.524. The molecule has 1 aliphatic rings. The summed E-state index contributed by atoms with van der Waals surface area (Å²) in [6, 6.07) is 15.9. The lowest BCUT2D eigenvalue weighted by Crippen LogP contribution is -2.46. The highest BCUT2D eigenvalue weighted by atomic mass is 32.2. The van der Waals surface area contributed by atoms with Crippen molar-refractivity contribution in [3.8, 4) is 28.3 Å². The Balaban J connectivity index is 1.58. The highest BCUT2D eigenvalue weighted by molar-refractivity contribution is 7.91. The molecule has 4 aromatic heterocycles. The molecule has 2 unspecified atom stereocenters. The molecule has 1 aromatic carbocycles. The zero-order valence-electron chi connectivity index (χ0n) is 25.5. The van der Waals surface area contributed by atoms with Crippen molar-refractivity contribution in [3.05, 3.63) is 134 Å². The molecule has 0 aliphatic heterocycles. The van der Waals surface area contributed by atoms with E-state index in [0.717, 1.165) is 26.5 Å². The molecule has 2 atom stereocenters. The van der Waals surface area contributed by atoms with Crippen LogP contribution >= 0.6 is 0 Å². The van der Waals surface area contributed by atoms with Crippen molar-refractivity contribution in [1.29, 1.82) is 5.26 Å². The second-order valence-corrected chi connectivity index (χ2v) is 13.8. The molecule has 4 heterocycles. The Hall–Kier alpha value is -5.27. The van der Waals surface area contributed by atoms with Crippen molar-refractivity contribution in [2.24, 2.45) is 7.05 Å². The van der Waals surface area contributed by atoms with Gasteiger partial charge in [-0.25, -0.2) is 12.4 Å². The number of pyridine rings is 3. The van der Waals surface area contributed by atoms with Gasteiger partial charge in [-0.1, -0.05) is 30.4 Å². The summed E-state index contributed by atoms with van der Waals surface area (Å²) in [5.41, 5.74) is 5.05. The van der Waals surface area contributed by atoms with Gasteiger partial charge >= 0.3 is 0 Å². The zero-order chi connectivity index (χ0) is 32.3. The third kappa shape index (κ3) is 4.67. The first-order valence-electron chi connectivity index (χ1n) is 14.4. The number of allylic oxidation sites excluding steroid dienone is 3.